The number of piperazine rings is 1. The van der Waals surface area contributed by atoms with Crippen molar-refractivity contribution in [1.82, 2.24) is 0 Å². The highest BCUT2D eigenvalue weighted by Crippen LogP contribution is 2.26. The second-order valence-electron chi connectivity index (χ2n) is 6.52. The van der Waals surface area contributed by atoms with Crippen molar-refractivity contribution in [2.75, 3.05) is 31.1 Å². The highest BCUT2D eigenvalue weighted by Gasteiger charge is 2.22. The number of hydrogen-bond acceptors (Lipinski definition) is 2. The standard InChI is InChI=1S/C20H24N2O/c1-16-12-19(15-23)13-17(2)20(16)22-10-8-21(9-11-22)14-18-6-4-3-5-7-18/h3-7,12-13,15H,8-11,14H2,1-2H3/p+1. The van der Waals surface area contributed by atoms with Gasteiger partial charge in [0.2, 0.25) is 0 Å². The van der Waals surface area contributed by atoms with Gasteiger partial charge in [-0.1, -0.05) is 30.3 Å². The molecule has 1 N–H and O–H groups in total. The van der Waals surface area contributed by atoms with Crippen LogP contribution in [0.4, 0.5) is 5.69 Å². The first-order valence-electron chi connectivity index (χ1n) is 8.36. The van der Waals surface area contributed by atoms with Gasteiger partial charge in [0, 0.05) is 16.8 Å². The predicted molar refractivity (Wildman–Crippen MR) is 94.4 cm³/mol. The van der Waals surface area contributed by atoms with Gasteiger partial charge < -0.3 is 9.80 Å². The molecule has 0 spiro atoms. The Kier molecular flexibility index (Phi) is 4.77. The molecule has 0 bridgehead atoms. The highest BCUT2D eigenvalue weighted by molar-refractivity contribution is 5.78. The van der Waals surface area contributed by atoms with Crippen LogP contribution in [0, 0.1) is 13.8 Å². The summed E-state index contributed by atoms with van der Waals surface area (Å²) in [6.07, 6.45) is 0.936. The molecule has 3 nitrogen and oxygen atoms in total. The summed E-state index contributed by atoms with van der Waals surface area (Å²) in [4.78, 5) is 15.1. The van der Waals surface area contributed by atoms with Crippen LogP contribution >= 0.6 is 0 Å². The molecular weight excluding hydrogens is 284 g/mol. The maximum atomic E-state index is 11.0. The molecule has 0 amide bonds. The summed E-state index contributed by atoms with van der Waals surface area (Å²) in [6.45, 7) is 9.79. The van der Waals surface area contributed by atoms with Crippen LogP contribution in [0.1, 0.15) is 27.0 Å². The fraction of sp³-hybridized carbons (Fsp3) is 0.350. The Morgan fingerprint density at radius 2 is 1.65 bits per heavy atom. The van der Waals surface area contributed by atoms with E-state index in [-0.39, 0.29) is 0 Å². The summed E-state index contributed by atoms with van der Waals surface area (Å²) in [5, 5.41) is 0. The number of aldehydes is 1. The van der Waals surface area contributed by atoms with E-state index in [0.29, 0.717) is 0 Å². The second-order valence-corrected chi connectivity index (χ2v) is 6.52. The highest BCUT2D eigenvalue weighted by atomic mass is 16.1. The van der Waals surface area contributed by atoms with Crippen molar-refractivity contribution in [3.05, 3.63) is 64.7 Å². The number of aryl methyl sites for hydroxylation is 2. The van der Waals surface area contributed by atoms with Crippen LogP contribution in [0.25, 0.3) is 0 Å². The van der Waals surface area contributed by atoms with E-state index >= 15 is 0 Å². The lowest BCUT2D eigenvalue weighted by atomic mass is 10.0. The summed E-state index contributed by atoms with van der Waals surface area (Å²) in [7, 11) is 0. The zero-order valence-electron chi connectivity index (χ0n) is 14.0. The number of hydrogen-bond donors (Lipinski definition) is 1. The number of rotatable bonds is 4. The normalized spacial score (nSPS) is 15.7. The van der Waals surface area contributed by atoms with Crippen LogP contribution < -0.4 is 9.80 Å². The zero-order valence-corrected chi connectivity index (χ0v) is 14.0. The van der Waals surface area contributed by atoms with Crippen molar-refractivity contribution in [3.63, 3.8) is 0 Å². The average molecular weight is 309 g/mol. The van der Waals surface area contributed by atoms with E-state index in [1.165, 1.54) is 22.4 Å². The minimum absolute atomic E-state index is 0.775. The maximum Gasteiger partial charge on any atom is 0.150 e. The minimum atomic E-state index is 0.775. The molecule has 2 aromatic carbocycles. The van der Waals surface area contributed by atoms with E-state index in [1.54, 1.807) is 4.90 Å². The first-order valence-corrected chi connectivity index (χ1v) is 8.36. The van der Waals surface area contributed by atoms with Gasteiger partial charge in [-0.25, -0.2) is 0 Å². The first kappa shape index (κ1) is 15.8. The van der Waals surface area contributed by atoms with Gasteiger partial charge in [-0.15, -0.1) is 0 Å². The van der Waals surface area contributed by atoms with Gasteiger partial charge >= 0.3 is 0 Å². The van der Waals surface area contributed by atoms with Crippen molar-refractivity contribution >= 4 is 12.0 Å². The number of nitrogens with zero attached hydrogens (tertiary/aromatic N) is 1. The number of quaternary nitrogens is 1. The van der Waals surface area contributed by atoms with Gasteiger partial charge in [-0.05, 0) is 37.1 Å². The van der Waals surface area contributed by atoms with Crippen LogP contribution in [-0.2, 0) is 6.54 Å². The van der Waals surface area contributed by atoms with Crippen LogP contribution in [0.15, 0.2) is 42.5 Å². The van der Waals surface area contributed by atoms with Gasteiger partial charge in [-0.3, -0.25) is 4.79 Å². The van der Waals surface area contributed by atoms with Crippen molar-refractivity contribution in [2.45, 2.75) is 20.4 Å². The smallest absolute Gasteiger partial charge is 0.150 e. The minimum Gasteiger partial charge on any atom is -0.360 e. The molecule has 1 saturated heterocycles. The van der Waals surface area contributed by atoms with E-state index in [1.807, 2.05) is 12.1 Å². The molecule has 0 aromatic heterocycles. The zero-order chi connectivity index (χ0) is 16.2. The van der Waals surface area contributed by atoms with Crippen LogP contribution in [0.3, 0.4) is 0 Å². The molecule has 120 valence electrons. The lowest BCUT2D eigenvalue weighted by molar-refractivity contribution is -0.914. The average Bonchev–Trinajstić information content (AvgIpc) is 2.56. The Labute approximate surface area is 138 Å². The van der Waals surface area contributed by atoms with Crippen molar-refractivity contribution in [2.24, 2.45) is 0 Å². The first-order chi connectivity index (χ1) is 11.2. The van der Waals surface area contributed by atoms with Crippen molar-refractivity contribution in [1.29, 1.82) is 0 Å². The lowest BCUT2D eigenvalue weighted by Crippen LogP contribution is -3.13. The SMILES string of the molecule is Cc1cc(C=O)cc(C)c1N1CC[NH+](Cc2ccccc2)CC1. The monoisotopic (exact) mass is 309 g/mol. The van der Waals surface area contributed by atoms with Gasteiger partial charge in [0.1, 0.15) is 12.8 Å². The summed E-state index contributed by atoms with van der Waals surface area (Å²) in [5.74, 6) is 0. The van der Waals surface area contributed by atoms with E-state index in [2.05, 4.69) is 49.1 Å². The molecule has 0 aliphatic carbocycles. The second kappa shape index (κ2) is 6.97. The molecule has 0 unspecified atom stereocenters. The van der Waals surface area contributed by atoms with Crippen molar-refractivity contribution in [3.8, 4) is 0 Å². The molecule has 1 aliphatic heterocycles. The number of nitrogens with one attached hydrogen (secondary N) is 1. The molecule has 0 radical (unpaired) electrons. The van der Waals surface area contributed by atoms with Crippen LogP contribution in [-0.4, -0.2) is 32.5 Å². The molecule has 1 heterocycles. The molecule has 1 aliphatic rings. The molecule has 2 aromatic rings. The maximum absolute atomic E-state index is 11.0. The van der Waals surface area contributed by atoms with Gasteiger partial charge in [0.25, 0.3) is 0 Å². The topological polar surface area (TPSA) is 24.8 Å². The summed E-state index contributed by atoms with van der Waals surface area (Å²) >= 11 is 0. The van der Waals surface area contributed by atoms with Crippen molar-refractivity contribution < 1.29 is 9.69 Å². The third-order valence-corrected chi connectivity index (χ3v) is 4.73. The molecule has 3 rings (SSSR count). The van der Waals surface area contributed by atoms with E-state index in [0.717, 1.165) is 44.6 Å². The third kappa shape index (κ3) is 3.62. The predicted octanol–water partition coefficient (Wildman–Crippen LogP) is 2.02. The molecule has 23 heavy (non-hydrogen) atoms. The molecule has 3 heteroatoms. The molecule has 0 atom stereocenters. The number of carbonyl (C=O) groups excluding carboxylic acids is 1. The molecule has 1 fully saturated rings. The summed E-state index contributed by atoms with van der Waals surface area (Å²) in [5.41, 5.74) is 5.92. The molecule has 0 saturated carbocycles. The number of benzene rings is 2. The summed E-state index contributed by atoms with van der Waals surface area (Å²) < 4.78 is 0. The van der Waals surface area contributed by atoms with Gasteiger partial charge in [-0.2, -0.15) is 0 Å². The Morgan fingerprint density at radius 3 is 2.22 bits per heavy atom. The number of carbonyl (C=O) groups is 1. The quantitative estimate of drug-likeness (QED) is 0.874. The largest absolute Gasteiger partial charge is 0.360 e. The lowest BCUT2D eigenvalue weighted by Gasteiger charge is -2.35. The fourth-order valence-corrected chi connectivity index (χ4v) is 3.66. The Morgan fingerprint density at radius 1 is 1.04 bits per heavy atom. The molecular formula is C20H25N2O+. The third-order valence-electron chi connectivity index (χ3n) is 4.73. The summed E-state index contributed by atoms with van der Waals surface area (Å²) in [6, 6.07) is 14.7. The van der Waals surface area contributed by atoms with Crippen LogP contribution in [0.2, 0.25) is 0 Å². The fourth-order valence-electron chi connectivity index (χ4n) is 3.66. The van der Waals surface area contributed by atoms with E-state index in [9.17, 15) is 4.79 Å². The van der Waals surface area contributed by atoms with E-state index < -0.39 is 0 Å². The number of anilines is 1. The van der Waals surface area contributed by atoms with Crippen LogP contribution in [0.5, 0.6) is 0 Å². The van der Waals surface area contributed by atoms with Gasteiger partial charge in [0.05, 0.1) is 26.2 Å². The van der Waals surface area contributed by atoms with E-state index in [4.69, 9.17) is 0 Å². The Hall–Kier alpha value is -2.13. The Balaban J connectivity index is 1.66. The Bertz CT molecular complexity index is 650. The van der Waals surface area contributed by atoms with Gasteiger partial charge in [0.15, 0.2) is 0 Å².